The molecule has 0 aromatic rings. The smallest absolute Gasteiger partial charge is 0.434 e. The maximum Gasteiger partial charge on any atom is 0.508 e. The summed E-state index contributed by atoms with van der Waals surface area (Å²) >= 11 is 0. The van der Waals surface area contributed by atoms with E-state index >= 15 is 0 Å². The lowest BCUT2D eigenvalue weighted by Gasteiger charge is -2.36. The van der Waals surface area contributed by atoms with Gasteiger partial charge in [-0.1, -0.05) is 34.6 Å². The Kier molecular flexibility index (Phi) is 9.45. The van der Waals surface area contributed by atoms with Gasteiger partial charge < -0.3 is 19.3 Å². The first-order valence-corrected chi connectivity index (χ1v) is 9.55. The van der Waals surface area contributed by atoms with Crippen molar-refractivity contribution < 1.29 is 24.1 Å². The Morgan fingerprint density at radius 3 is 1.88 bits per heavy atom. The summed E-state index contributed by atoms with van der Waals surface area (Å²) in [5.74, 6) is 0.0120. The molecule has 5 nitrogen and oxygen atoms in total. The van der Waals surface area contributed by atoms with E-state index in [9.17, 15) is 9.90 Å². The van der Waals surface area contributed by atoms with Crippen LogP contribution in [0.4, 0.5) is 4.79 Å². The molecule has 0 radical (unpaired) electrons. The van der Waals surface area contributed by atoms with Crippen molar-refractivity contribution in [3.8, 4) is 0 Å². The van der Waals surface area contributed by atoms with Crippen LogP contribution in [-0.4, -0.2) is 41.3 Å². The molecule has 5 heteroatoms. The van der Waals surface area contributed by atoms with E-state index < -0.39 is 23.0 Å². The number of carbonyl (C=O) groups is 1. The van der Waals surface area contributed by atoms with Gasteiger partial charge in [0.2, 0.25) is 0 Å². The van der Waals surface area contributed by atoms with Crippen LogP contribution in [0.3, 0.4) is 0 Å². The standard InChI is InChI=1S/C20H40O5/c1-10-19(8,11-2)25-17(21)23-13-15(4)18(6,7)24-14-16(5)20(9,22)12-3/h15-16,22H,10-14H2,1-9H3. The van der Waals surface area contributed by atoms with Crippen LogP contribution in [-0.2, 0) is 14.2 Å². The van der Waals surface area contributed by atoms with Crippen LogP contribution in [0.15, 0.2) is 0 Å². The van der Waals surface area contributed by atoms with Crippen molar-refractivity contribution in [3.63, 3.8) is 0 Å². The predicted molar refractivity (Wildman–Crippen MR) is 101 cm³/mol. The van der Waals surface area contributed by atoms with E-state index in [4.69, 9.17) is 14.2 Å². The van der Waals surface area contributed by atoms with Gasteiger partial charge in [-0.3, -0.25) is 0 Å². The van der Waals surface area contributed by atoms with Crippen LogP contribution in [0.2, 0.25) is 0 Å². The van der Waals surface area contributed by atoms with Gasteiger partial charge in [0, 0.05) is 11.8 Å². The van der Waals surface area contributed by atoms with E-state index in [2.05, 4.69) is 0 Å². The Hall–Kier alpha value is -0.810. The van der Waals surface area contributed by atoms with Crippen LogP contribution in [0.25, 0.3) is 0 Å². The molecule has 0 rings (SSSR count). The molecule has 0 bridgehead atoms. The average Bonchev–Trinajstić information content (AvgIpc) is 2.57. The van der Waals surface area contributed by atoms with Crippen molar-refractivity contribution in [2.45, 2.75) is 98.4 Å². The Bertz CT molecular complexity index is 399. The Morgan fingerprint density at radius 1 is 0.920 bits per heavy atom. The number of hydrogen-bond acceptors (Lipinski definition) is 5. The summed E-state index contributed by atoms with van der Waals surface area (Å²) in [7, 11) is 0. The highest BCUT2D eigenvalue weighted by atomic mass is 16.7. The van der Waals surface area contributed by atoms with Gasteiger partial charge in [0.05, 0.1) is 17.8 Å². The highest BCUT2D eigenvalue weighted by Crippen LogP contribution is 2.27. The molecule has 3 unspecified atom stereocenters. The molecular formula is C20H40O5. The van der Waals surface area contributed by atoms with Gasteiger partial charge in [-0.25, -0.2) is 4.79 Å². The zero-order valence-corrected chi connectivity index (χ0v) is 17.8. The van der Waals surface area contributed by atoms with E-state index in [1.807, 2.05) is 62.3 Å². The first kappa shape index (κ1) is 24.2. The molecule has 3 atom stereocenters. The largest absolute Gasteiger partial charge is 0.508 e. The molecule has 0 aliphatic rings. The van der Waals surface area contributed by atoms with Crippen molar-refractivity contribution in [2.24, 2.45) is 11.8 Å². The van der Waals surface area contributed by atoms with E-state index in [0.29, 0.717) is 13.0 Å². The van der Waals surface area contributed by atoms with E-state index in [1.54, 1.807) is 0 Å². The Balaban J connectivity index is 4.48. The second-order valence-corrected chi connectivity index (χ2v) is 8.25. The van der Waals surface area contributed by atoms with Gasteiger partial charge in [0.1, 0.15) is 12.2 Å². The minimum Gasteiger partial charge on any atom is -0.434 e. The molecule has 1 N–H and O–H groups in total. The average molecular weight is 361 g/mol. The number of hydrogen-bond donors (Lipinski definition) is 1. The van der Waals surface area contributed by atoms with Gasteiger partial charge in [-0.15, -0.1) is 0 Å². The normalized spacial score (nSPS) is 17.5. The summed E-state index contributed by atoms with van der Waals surface area (Å²) in [6, 6.07) is 0. The second-order valence-electron chi connectivity index (χ2n) is 8.25. The van der Waals surface area contributed by atoms with Crippen molar-refractivity contribution in [2.75, 3.05) is 13.2 Å². The molecule has 0 fully saturated rings. The lowest BCUT2D eigenvalue weighted by atomic mass is 9.88. The molecular weight excluding hydrogens is 320 g/mol. The third-order valence-corrected chi connectivity index (χ3v) is 5.95. The lowest BCUT2D eigenvalue weighted by molar-refractivity contribution is -0.115. The van der Waals surface area contributed by atoms with Crippen LogP contribution in [0.1, 0.15) is 81.6 Å². The molecule has 0 aromatic carbocycles. The summed E-state index contributed by atoms with van der Waals surface area (Å²) in [6.07, 6.45) is 1.54. The van der Waals surface area contributed by atoms with Gasteiger partial charge in [-0.05, 0) is 47.0 Å². The van der Waals surface area contributed by atoms with Crippen LogP contribution in [0, 0.1) is 11.8 Å². The van der Waals surface area contributed by atoms with Crippen LogP contribution >= 0.6 is 0 Å². The zero-order valence-electron chi connectivity index (χ0n) is 17.8. The van der Waals surface area contributed by atoms with Crippen molar-refractivity contribution in [1.82, 2.24) is 0 Å². The molecule has 0 aliphatic carbocycles. The first-order valence-electron chi connectivity index (χ1n) is 9.55. The van der Waals surface area contributed by atoms with Crippen molar-refractivity contribution in [3.05, 3.63) is 0 Å². The molecule has 0 aromatic heterocycles. The summed E-state index contributed by atoms with van der Waals surface area (Å²) in [5.41, 5.74) is -1.70. The second kappa shape index (κ2) is 9.77. The molecule has 0 saturated carbocycles. The third kappa shape index (κ3) is 7.95. The van der Waals surface area contributed by atoms with Crippen molar-refractivity contribution in [1.29, 1.82) is 0 Å². The summed E-state index contributed by atoms with van der Waals surface area (Å²) in [5, 5.41) is 10.3. The van der Waals surface area contributed by atoms with E-state index in [1.165, 1.54) is 0 Å². The lowest BCUT2D eigenvalue weighted by Crippen LogP contribution is -2.41. The highest BCUT2D eigenvalue weighted by Gasteiger charge is 2.33. The fourth-order valence-electron chi connectivity index (χ4n) is 2.03. The Labute approximate surface area is 154 Å². The monoisotopic (exact) mass is 360 g/mol. The molecule has 25 heavy (non-hydrogen) atoms. The van der Waals surface area contributed by atoms with Gasteiger partial charge >= 0.3 is 6.16 Å². The van der Waals surface area contributed by atoms with Gasteiger partial charge in [0.25, 0.3) is 0 Å². The molecule has 0 amide bonds. The van der Waals surface area contributed by atoms with E-state index in [0.717, 1.165) is 12.8 Å². The quantitative estimate of drug-likeness (QED) is 0.528. The Morgan fingerprint density at radius 2 is 1.44 bits per heavy atom. The van der Waals surface area contributed by atoms with Crippen molar-refractivity contribution >= 4 is 6.16 Å². The highest BCUT2D eigenvalue weighted by molar-refractivity contribution is 5.60. The third-order valence-electron chi connectivity index (χ3n) is 5.95. The zero-order chi connectivity index (χ0) is 19.9. The summed E-state index contributed by atoms with van der Waals surface area (Å²) < 4.78 is 16.7. The van der Waals surface area contributed by atoms with Crippen LogP contribution < -0.4 is 0 Å². The first-order chi connectivity index (χ1) is 11.3. The van der Waals surface area contributed by atoms with Gasteiger partial charge in [-0.2, -0.15) is 0 Å². The molecule has 0 saturated heterocycles. The summed E-state index contributed by atoms with van der Waals surface area (Å²) in [4.78, 5) is 11.9. The SMILES string of the molecule is CCC(C)(CC)OC(=O)OCC(C)C(C)(C)OCC(C)C(C)(O)CC. The van der Waals surface area contributed by atoms with Crippen LogP contribution in [0.5, 0.6) is 0 Å². The maximum absolute atomic E-state index is 11.9. The fourth-order valence-corrected chi connectivity index (χ4v) is 2.03. The molecule has 0 heterocycles. The number of aliphatic hydroxyl groups is 1. The predicted octanol–water partition coefficient (Wildman–Crippen LogP) is 4.95. The van der Waals surface area contributed by atoms with Gasteiger partial charge in [0.15, 0.2) is 0 Å². The maximum atomic E-state index is 11.9. The number of rotatable bonds is 11. The molecule has 0 spiro atoms. The number of carbonyl (C=O) groups excluding carboxylic acids is 1. The topological polar surface area (TPSA) is 65.0 Å². The summed E-state index contributed by atoms with van der Waals surface area (Å²) in [6.45, 7) is 18.3. The molecule has 0 aliphatic heterocycles. The fraction of sp³-hybridized carbons (Fsp3) is 0.950. The molecule has 150 valence electrons. The number of ether oxygens (including phenoxy) is 3. The van der Waals surface area contributed by atoms with E-state index in [-0.39, 0.29) is 18.4 Å². The minimum atomic E-state index is -0.746. The minimum absolute atomic E-state index is 0.00617.